The monoisotopic (exact) mass is 1340 g/mol. The third kappa shape index (κ3) is 20.3. The summed E-state index contributed by atoms with van der Waals surface area (Å²) >= 11 is 0. The zero-order chi connectivity index (χ0) is 67.5. The Labute approximate surface area is 543 Å². The van der Waals surface area contributed by atoms with E-state index in [9.17, 15) is 70.2 Å². The molecular weight excluding hydrogens is 1260 g/mol. The Bertz CT molecular complexity index is 3090. The molecule has 0 saturated carbocycles. The standard InChI is InChI=1S/C61H86N10O20S2/c1-31(74)42(25-72)68-58(86)44-29-93-92-28-43(69-54(82)39(21-33-13-5-3-6-14-33)64-30-61(88)52(80)51(45(76)27-89-61)91-60-50(79)49(78)48(77)46(26-73)90-60)57(85)66-40(22-34-15-7-4-8-16-34)55(83)67-41(23-35-24-63-37-18-10-9-17-36(35)37)56(84)65-38(19-11-12-20-62)53(81)71-47(32(2)75)59(87)70-44/h3-10,13-18,24,31-32,38-52,60,63-64,72-80,88H,11-12,19-23,25-30,62H2,1-2H3,(H,65,84)(H,66,85)(H,67,83)(H,68,86)(H,69,82)(H,70,87)(H,71,81)/t31-,32-,38-,39-,40-,41+,42+,43+,44+,45-,46-,47-,48-,49+,50-,51-,52+,60-,61-/m1/s1. The van der Waals surface area contributed by atoms with Gasteiger partial charge in [0.25, 0.3) is 0 Å². The van der Waals surface area contributed by atoms with Gasteiger partial charge in [0.1, 0.15) is 79.0 Å². The number of aliphatic hydroxyl groups excluding tert-OH is 9. The number of carbonyl (C=O) groups is 7. The minimum atomic E-state index is -2.70. The molecule has 4 aromatic rings. The highest BCUT2D eigenvalue weighted by atomic mass is 33.1. The second-order valence-corrected chi connectivity index (χ2v) is 25.8. The number of amides is 7. The smallest absolute Gasteiger partial charge is 0.245 e. The molecule has 0 aliphatic carbocycles. The van der Waals surface area contributed by atoms with Crippen LogP contribution < -0.4 is 48.3 Å². The Balaban J connectivity index is 1.25. The van der Waals surface area contributed by atoms with E-state index in [0.717, 1.165) is 21.6 Å². The minimum absolute atomic E-state index is 0.0380. The van der Waals surface area contributed by atoms with E-state index in [1.54, 1.807) is 91.1 Å². The molecule has 0 bridgehead atoms. The number of aromatic amines is 1. The topological polar surface area (TPSA) is 488 Å². The summed E-state index contributed by atoms with van der Waals surface area (Å²) in [5.74, 6) is -9.92. The van der Waals surface area contributed by atoms with Crippen LogP contribution in [0.2, 0.25) is 0 Å². The first-order chi connectivity index (χ1) is 44.4. The Morgan fingerprint density at radius 3 is 2.02 bits per heavy atom. The third-order valence-corrected chi connectivity index (χ3v) is 18.6. The summed E-state index contributed by atoms with van der Waals surface area (Å²) in [4.78, 5) is 106. The number of aromatic nitrogens is 1. The van der Waals surface area contributed by atoms with E-state index in [-0.39, 0.29) is 50.2 Å². The molecule has 3 aromatic carbocycles. The average Bonchev–Trinajstić information content (AvgIpc) is 1.18. The molecule has 19 atom stereocenters. The molecule has 3 saturated heterocycles. The van der Waals surface area contributed by atoms with Gasteiger partial charge in [-0.3, -0.25) is 33.6 Å². The van der Waals surface area contributed by atoms with Crippen LogP contribution in [0.3, 0.4) is 0 Å². The fourth-order valence-electron chi connectivity index (χ4n) is 10.7. The maximum Gasteiger partial charge on any atom is 0.245 e. The number of nitrogens with one attached hydrogen (secondary N) is 9. The van der Waals surface area contributed by atoms with Crippen LogP contribution in [-0.2, 0) is 67.0 Å². The quantitative estimate of drug-likeness (QED) is 0.0243. The molecular formula is C61H86N10O20S2. The van der Waals surface area contributed by atoms with Gasteiger partial charge in [-0.1, -0.05) is 100 Å². The number of H-pyrrole nitrogens is 1. The first-order valence-electron chi connectivity index (χ1n) is 30.5. The number of carbonyl (C=O) groups excluding carboxylic acids is 7. The largest absolute Gasteiger partial charge is 0.394 e. The molecule has 93 heavy (non-hydrogen) atoms. The van der Waals surface area contributed by atoms with Crippen molar-refractivity contribution in [2.45, 2.75) is 168 Å². The van der Waals surface area contributed by atoms with Crippen molar-refractivity contribution in [1.29, 1.82) is 0 Å². The first kappa shape index (κ1) is 74.0. The SMILES string of the molecule is C[C@@H](O)[C@H](CO)NC(=O)[C@@H]1CSSC[C@H](NC(=O)[C@@H](Cc2ccccc2)NC[C@@]2(O)OC[C@@H](O)[C@@H](O[C@H]3O[C@H](CO)[C@@H](O)[C@H](O)[C@H]3O)[C@@H]2O)C(=O)N[C@H](Cc2ccccc2)C(=O)N[C@@H](Cc2c[nH]c3ccccc23)C(=O)N[C@H](CCCCN)C(=O)N[C@H]([C@@H](C)O)C(=O)N1. The first-order valence-corrected chi connectivity index (χ1v) is 33.0. The van der Waals surface area contributed by atoms with Crippen molar-refractivity contribution in [3.05, 3.63) is 108 Å². The van der Waals surface area contributed by atoms with Crippen molar-refractivity contribution in [3.63, 3.8) is 0 Å². The second kappa shape index (κ2) is 35.4. The average molecular weight is 1340 g/mol. The maximum atomic E-state index is 15.2. The van der Waals surface area contributed by atoms with Gasteiger partial charge >= 0.3 is 0 Å². The highest BCUT2D eigenvalue weighted by molar-refractivity contribution is 8.76. The molecule has 0 unspecified atom stereocenters. The maximum absolute atomic E-state index is 15.2. The van der Waals surface area contributed by atoms with Crippen LogP contribution in [0.1, 0.15) is 49.8 Å². The van der Waals surface area contributed by atoms with Gasteiger partial charge in [-0.05, 0) is 68.8 Å². The summed E-state index contributed by atoms with van der Waals surface area (Å²) < 4.78 is 16.7. The number of nitrogens with two attached hydrogens (primary N) is 1. The van der Waals surface area contributed by atoms with E-state index in [1.807, 2.05) is 0 Å². The minimum Gasteiger partial charge on any atom is -0.394 e. The molecule has 7 rings (SSSR count). The molecule has 0 spiro atoms. The van der Waals surface area contributed by atoms with Gasteiger partial charge in [0.05, 0.1) is 50.7 Å². The van der Waals surface area contributed by atoms with Gasteiger partial charge in [-0.25, -0.2) is 0 Å². The molecule has 30 nitrogen and oxygen atoms in total. The zero-order valence-electron chi connectivity index (χ0n) is 51.2. The fraction of sp³-hybridized carbons (Fsp3) is 0.557. The summed E-state index contributed by atoms with van der Waals surface area (Å²) in [6.45, 7) is -0.343. The molecule has 32 heteroatoms. The lowest BCUT2D eigenvalue weighted by Gasteiger charge is -2.47. The van der Waals surface area contributed by atoms with Gasteiger partial charge in [0.2, 0.25) is 47.1 Å². The number of fused-ring (bicyclic) bond motifs is 1. The van der Waals surface area contributed by atoms with Crippen molar-refractivity contribution in [2.24, 2.45) is 5.73 Å². The van der Waals surface area contributed by atoms with Crippen LogP contribution in [0.4, 0.5) is 0 Å². The Morgan fingerprint density at radius 2 is 1.37 bits per heavy atom. The third-order valence-electron chi connectivity index (χ3n) is 16.2. The molecule has 0 radical (unpaired) electrons. The second-order valence-electron chi connectivity index (χ2n) is 23.3. The van der Waals surface area contributed by atoms with Gasteiger partial charge in [0, 0.05) is 41.4 Å². The number of benzene rings is 3. The molecule has 3 fully saturated rings. The van der Waals surface area contributed by atoms with E-state index >= 15 is 14.4 Å². The predicted molar refractivity (Wildman–Crippen MR) is 337 cm³/mol. The lowest BCUT2D eigenvalue weighted by Crippen LogP contribution is -2.68. The molecule has 7 amide bonds. The summed E-state index contributed by atoms with van der Waals surface area (Å²) in [7, 11) is 1.82. The van der Waals surface area contributed by atoms with E-state index < -0.39 is 183 Å². The molecule has 21 N–H and O–H groups in total. The number of ether oxygens (including phenoxy) is 3. The zero-order valence-corrected chi connectivity index (χ0v) is 52.8. The van der Waals surface area contributed by atoms with Crippen molar-refractivity contribution < 1.29 is 98.8 Å². The highest BCUT2D eigenvalue weighted by Crippen LogP contribution is 2.31. The lowest BCUT2D eigenvalue weighted by molar-refractivity contribution is -0.367. The van der Waals surface area contributed by atoms with Crippen molar-refractivity contribution in [1.82, 2.24) is 47.5 Å². The van der Waals surface area contributed by atoms with Crippen LogP contribution in [0.25, 0.3) is 10.9 Å². The van der Waals surface area contributed by atoms with Crippen LogP contribution in [0, 0.1) is 0 Å². The van der Waals surface area contributed by atoms with Crippen LogP contribution in [0.15, 0.2) is 91.1 Å². The van der Waals surface area contributed by atoms with Gasteiger partial charge in [0.15, 0.2) is 6.29 Å². The van der Waals surface area contributed by atoms with E-state index in [2.05, 4.69) is 47.5 Å². The summed E-state index contributed by atoms with van der Waals surface area (Å²) in [6, 6.07) is 12.2. The summed E-state index contributed by atoms with van der Waals surface area (Å²) in [5.41, 5.74) is 8.20. The molecule has 512 valence electrons. The number of rotatable bonds is 23. The Morgan fingerprint density at radius 1 is 0.742 bits per heavy atom. The molecule has 4 heterocycles. The molecule has 3 aliphatic heterocycles. The van der Waals surface area contributed by atoms with E-state index in [4.69, 9.17) is 19.9 Å². The fourth-order valence-corrected chi connectivity index (χ4v) is 13.0. The van der Waals surface area contributed by atoms with Gasteiger partial charge < -0.3 is 119 Å². The van der Waals surface area contributed by atoms with E-state index in [1.165, 1.54) is 13.8 Å². The summed E-state index contributed by atoms with van der Waals surface area (Å²) in [6.07, 6.45) is -15.8. The number of aliphatic hydroxyl groups is 10. The van der Waals surface area contributed by atoms with Gasteiger partial charge in [-0.2, -0.15) is 0 Å². The normalized spacial score (nSPS) is 30.3. The van der Waals surface area contributed by atoms with Crippen LogP contribution in [0.5, 0.6) is 0 Å². The van der Waals surface area contributed by atoms with Crippen LogP contribution >= 0.6 is 21.6 Å². The molecule has 3 aliphatic rings. The van der Waals surface area contributed by atoms with Crippen molar-refractivity contribution in [3.8, 4) is 0 Å². The van der Waals surface area contributed by atoms with Gasteiger partial charge in [-0.15, -0.1) is 0 Å². The number of hydrogen-bond donors (Lipinski definition) is 20. The Hall–Kier alpha value is -6.41. The predicted octanol–water partition coefficient (Wildman–Crippen LogP) is -5.55. The molecule has 1 aromatic heterocycles. The number of para-hydroxylation sites is 1. The summed E-state index contributed by atoms with van der Waals surface area (Å²) in [5, 5.41) is 129. The highest BCUT2D eigenvalue weighted by Gasteiger charge is 2.53. The van der Waals surface area contributed by atoms with Crippen molar-refractivity contribution in [2.75, 3.05) is 44.4 Å². The Kier molecular flexibility index (Phi) is 28.1. The number of unbranched alkanes of at least 4 members (excludes halogenated alkanes) is 1. The number of hydrogen-bond acceptors (Lipinski definition) is 24. The van der Waals surface area contributed by atoms with Crippen molar-refractivity contribution >= 4 is 73.8 Å². The van der Waals surface area contributed by atoms with E-state index in [0.29, 0.717) is 34.0 Å². The van der Waals surface area contributed by atoms with Crippen LogP contribution in [-0.4, -0.2) is 257 Å². The lowest BCUT2D eigenvalue weighted by atomic mass is 9.95.